The van der Waals surface area contributed by atoms with Gasteiger partial charge in [-0.15, -0.1) is 11.3 Å². The normalized spacial score (nSPS) is 14.5. The Balaban J connectivity index is 2.64. The van der Waals surface area contributed by atoms with E-state index in [4.69, 9.17) is 11.6 Å². The topological polar surface area (TPSA) is 0 Å². The maximum atomic E-state index is 11.9. The third kappa shape index (κ3) is 3.87. The Labute approximate surface area is 90.8 Å². The fraction of sp³-hybridized carbons (Fsp3) is 0.429. The summed E-state index contributed by atoms with van der Waals surface area (Å²) in [6.07, 6.45) is -5.02. The van der Waals surface area contributed by atoms with Gasteiger partial charge >= 0.3 is 6.18 Å². The van der Waals surface area contributed by atoms with Crippen LogP contribution in [-0.4, -0.2) is 6.18 Å². The Morgan fingerprint density at radius 1 is 1.46 bits per heavy atom. The van der Waals surface area contributed by atoms with Gasteiger partial charge in [-0.25, -0.2) is 0 Å². The minimum atomic E-state index is -4.15. The van der Waals surface area contributed by atoms with Crippen molar-refractivity contribution in [2.75, 3.05) is 0 Å². The molecule has 0 fully saturated rings. The molecule has 0 bridgehead atoms. The zero-order chi connectivity index (χ0) is 10.1. The monoisotopic (exact) mass is 292 g/mol. The van der Waals surface area contributed by atoms with Crippen molar-refractivity contribution in [3.8, 4) is 0 Å². The maximum Gasteiger partial charge on any atom is 0.390 e. The summed E-state index contributed by atoms with van der Waals surface area (Å²) in [7, 11) is 0. The minimum absolute atomic E-state index is 0.502. The van der Waals surface area contributed by atoms with Gasteiger partial charge in [0, 0.05) is 4.88 Å². The van der Waals surface area contributed by atoms with E-state index < -0.39 is 17.4 Å². The fourth-order valence-corrected chi connectivity index (χ4v) is 2.64. The van der Waals surface area contributed by atoms with Crippen LogP contribution in [0.1, 0.15) is 16.1 Å². The predicted octanol–water partition coefficient (Wildman–Crippen LogP) is 4.79. The van der Waals surface area contributed by atoms with Crippen molar-refractivity contribution in [3.63, 3.8) is 0 Å². The summed E-state index contributed by atoms with van der Waals surface area (Å²) in [6, 6.07) is 3.18. The van der Waals surface area contributed by atoms with Crippen molar-refractivity contribution in [3.05, 3.63) is 21.3 Å². The molecule has 1 rings (SSSR count). The Morgan fingerprint density at radius 2 is 2.08 bits per heavy atom. The van der Waals surface area contributed by atoms with E-state index in [1.54, 1.807) is 12.1 Å². The SMILES string of the molecule is FC(F)(F)CC(Br)c1ccc(Cl)s1. The number of alkyl halides is 4. The molecule has 13 heavy (non-hydrogen) atoms. The van der Waals surface area contributed by atoms with Gasteiger partial charge in [0.15, 0.2) is 0 Å². The van der Waals surface area contributed by atoms with Crippen LogP contribution in [0.2, 0.25) is 4.34 Å². The summed E-state index contributed by atoms with van der Waals surface area (Å²) in [4.78, 5) is -0.0904. The van der Waals surface area contributed by atoms with Crippen LogP contribution in [0.4, 0.5) is 13.2 Å². The summed E-state index contributed by atoms with van der Waals surface area (Å²) in [5.74, 6) is 0. The summed E-state index contributed by atoms with van der Waals surface area (Å²) in [5, 5.41) is 0. The van der Waals surface area contributed by atoms with Crippen LogP contribution in [0.25, 0.3) is 0 Å². The van der Waals surface area contributed by atoms with E-state index in [1.807, 2.05) is 0 Å². The van der Waals surface area contributed by atoms with Crippen LogP contribution in [0.15, 0.2) is 12.1 Å². The zero-order valence-corrected chi connectivity index (χ0v) is 9.40. The van der Waals surface area contributed by atoms with E-state index in [-0.39, 0.29) is 0 Å². The number of hydrogen-bond acceptors (Lipinski definition) is 1. The highest BCUT2D eigenvalue weighted by molar-refractivity contribution is 9.09. The molecule has 1 aromatic rings. The molecule has 0 amide bonds. The molecule has 0 radical (unpaired) electrons. The maximum absolute atomic E-state index is 11.9. The lowest BCUT2D eigenvalue weighted by molar-refractivity contribution is -0.134. The first-order chi connectivity index (χ1) is 5.88. The predicted molar refractivity (Wildman–Crippen MR) is 51.7 cm³/mol. The van der Waals surface area contributed by atoms with E-state index in [0.29, 0.717) is 9.21 Å². The average Bonchev–Trinajstić information content (AvgIpc) is 2.31. The molecule has 0 saturated carbocycles. The largest absolute Gasteiger partial charge is 0.390 e. The van der Waals surface area contributed by atoms with E-state index >= 15 is 0 Å². The van der Waals surface area contributed by atoms with Crippen molar-refractivity contribution in [2.24, 2.45) is 0 Å². The second-order valence-electron chi connectivity index (χ2n) is 2.43. The third-order valence-electron chi connectivity index (χ3n) is 1.31. The highest BCUT2D eigenvalue weighted by Gasteiger charge is 2.31. The van der Waals surface area contributed by atoms with Crippen molar-refractivity contribution in [2.45, 2.75) is 17.4 Å². The Morgan fingerprint density at radius 3 is 2.46 bits per heavy atom. The van der Waals surface area contributed by atoms with Crippen molar-refractivity contribution < 1.29 is 13.2 Å². The van der Waals surface area contributed by atoms with Gasteiger partial charge in [0.1, 0.15) is 0 Å². The lowest BCUT2D eigenvalue weighted by atomic mass is 10.2. The Bertz CT molecular complexity index is 284. The summed E-state index contributed by atoms with van der Waals surface area (Å²) in [5.41, 5.74) is 0. The molecule has 0 aliphatic heterocycles. The van der Waals surface area contributed by atoms with Gasteiger partial charge in [-0.1, -0.05) is 27.5 Å². The summed E-state index contributed by atoms with van der Waals surface area (Å²) < 4.78 is 36.3. The number of thiophene rings is 1. The molecular formula is C7H5BrClF3S. The van der Waals surface area contributed by atoms with Crippen LogP contribution >= 0.6 is 38.9 Å². The molecule has 0 aliphatic carbocycles. The van der Waals surface area contributed by atoms with E-state index in [1.165, 1.54) is 0 Å². The molecule has 1 unspecified atom stereocenters. The van der Waals surface area contributed by atoms with Crippen LogP contribution < -0.4 is 0 Å². The van der Waals surface area contributed by atoms with Crippen LogP contribution in [0, 0.1) is 0 Å². The molecule has 1 atom stereocenters. The van der Waals surface area contributed by atoms with E-state index in [2.05, 4.69) is 15.9 Å². The second kappa shape index (κ2) is 4.19. The standard InChI is InChI=1S/C7H5BrClF3S/c8-4(3-7(10,11)12)5-1-2-6(9)13-5/h1-2,4H,3H2. The van der Waals surface area contributed by atoms with Crippen LogP contribution in [0.3, 0.4) is 0 Å². The van der Waals surface area contributed by atoms with Crippen molar-refractivity contribution in [1.29, 1.82) is 0 Å². The molecule has 0 nitrogen and oxygen atoms in total. The average molecular weight is 294 g/mol. The lowest BCUT2D eigenvalue weighted by Gasteiger charge is -2.10. The fourth-order valence-electron chi connectivity index (χ4n) is 0.800. The van der Waals surface area contributed by atoms with Gasteiger partial charge in [0.05, 0.1) is 15.6 Å². The number of hydrogen-bond donors (Lipinski definition) is 0. The molecule has 1 heterocycles. The first-order valence-electron chi connectivity index (χ1n) is 3.34. The molecule has 0 aromatic carbocycles. The summed E-state index contributed by atoms with van der Waals surface area (Å²) >= 11 is 9.71. The molecule has 0 N–H and O–H groups in total. The molecule has 0 saturated heterocycles. The Hall–Kier alpha value is 0.260. The molecule has 0 aliphatic rings. The third-order valence-corrected chi connectivity index (χ3v) is 3.78. The highest BCUT2D eigenvalue weighted by Crippen LogP contribution is 2.39. The van der Waals surface area contributed by atoms with E-state index in [9.17, 15) is 13.2 Å². The quantitative estimate of drug-likeness (QED) is 0.688. The molecule has 74 valence electrons. The van der Waals surface area contributed by atoms with Crippen molar-refractivity contribution in [1.82, 2.24) is 0 Å². The van der Waals surface area contributed by atoms with Gasteiger partial charge < -0.3 is 0 Å². The first kappa shape index (κ1) is 11.3. The Kier molecular flexibility index (Phi) is 3.65. The van der Waals surface area contributed by atoms with Gasteiger partial charge in [-0.05, 0) is 12.1 Å². The smallest absolute Gasteiger partial charge is 0.171 e. The second-order valence-corrected chi connectivity index (χ2v) is 5.28. The van der Waals surface area contributed by atoms with Gasteiger partial charge in [-0.2, -0.15) is 13.2 Å². The molecule has 6 heteroatoms. The minimum Gasteiger partial charge on any atom is -0.171 e. The highest BCUT2D eigenvalue weighted by atomic mass is 79.9. The number of rotatable bonds is 2. The van der Waals surface area contributed by atoms with Crippen LogP contribution in [-0.2, 0) is 0 Å². The first-order valence-corrected chi connectivity index (χ1v) is 5.45. The molecule has 0 spiro atoms. The molecular weight excluding hydrogens is 288 g/mol. The zero-order valence-electron chi connectivity index (χ0n) is 6.24. The summed E-state index contributed by atoms with van der Waals surface area (Å²) in [6.45, 7) is 0. The van der Waals surface area contributed by atoms with E-state index in [0.717, 1.165) is 11.3 Å². The van der Waals surface area contributed by atoms with Gasteiger partial charge in [-0.3, -0.25) is 0 Å². The van der Waals surface area contributed by atoms with Gasteiger partial charge in [0.25, 0.3) is 0 Å². The number of halogens is 5. The van der Waals surface area contributed by atoms with Crippen molar-refractivity contribution >= 4 is 38.9 Å². The molecule has 1 aromatic heterocycles. The lowest BCUT2D eigenvalue weighted by Crippen LogP contribution is -2.09. The van der Waals surface area contributed by atoms with Gasteiger partial charge in [0.2, 0.25) is 0 Å². The van der Waals surface area contributed by atoms with Crippen LogP contribution in [0.5, 0.6) is 0 Å².